The maximum Gasteiger partial charge on any atom is 0.408 e. The summed E-state index contributed by atoms with van der Waals surface area (Å²) in [6, 6.07) is 30.1. The first-order chi connectivity index (χ1) is 26.1. The summed E-state index contributed by atoms with van der Waals surface area (Å²) in [5.74, 6) is -1.02. The van der Waals surface area contributed by atoms with Gasteiger partial charge < -0.3 is 34.6 Å². The van der Waals surface area contributed by atoms with Crippen LogP contribution in [0, 0.1) is 5.92 Å². The normalized spacial score (nSPS) is 24.4. The Morgan fingerprint density at radius 1 is 0.889 bits per heavy atom. The Labute approximate surface area is 319 Å². The van der Waals surface area contributed by atoms with Gasteiger partial charge in [-0.05, 0) is 59.4 Å². The van der Waals surface area contributed by atoms with Gasteiger partial charge in [-0.1, -0.05) is 97.4 Å². The van der Waals surface area contributed by atoms with Crippen LogP contribution in [0.25, 0.3) is 0 Å². The van der Waals surface area contributed by atoms with Crippen LogP contribution in [0.3, 0.4) is 0 Å². The molecular formula is C42H44ClN3O8. The SMILES string of the molecule is CC1C(CN2CCC(O)(c3ccc(Cl)cc3)CC2)OC(c2ccc(N3C(=O)CC(NC(=O)OCc4ccccc4)C3=O)cc2)OC1c1ccc(CO)cc1. The van der Waals surface area contributed by atoms with E-state index in [1.54, 1.807) is 36.4 Å². The standard InChI is InChI=1S/C42H44ClN3O8/c1-27-36(24-45-21-19-42(51,20-22-45)32-13-15-33(43)16-14-32)53-40(54-38(27)30-9-7-28(25-47)8-10-30)31-11-17-34(18-12-31)46-37(48)23-35(39(46)49)44-41(50)52-26-29-5-3-2-4-6-29/h2-18,27,35-36,38,40,47,51H,19-26H2,1H3,(H,44,50). The second-order valence-electron chi connectivity index (χ2n) is 14.3. The molecule has 4 aromatic carbocycles. The number of hydrogen-bond acceptors (Lipinski definition) is 9. The average Bonchev–Trinajstić information content (AvgIpc) is 3.47. The van der Waals surface area contributed by atoms with Gasteiger partial charge in [0.15, 0.2) is 6.29 Å². The number of carbonyl (C=O) groups is 3. The van der Waals surface area contributed by atoms with Crippen molar-refractivity contribution in [3.05, 3.63) is 136 Å². The first kappa shape index (κ1) is 37.7. The van der Waals surface area contributed by atoms with Crippen molar-refractivity contribution < 1.29 is 38.8 Å². The van der Waals surface area contributed by atoms with Crippen LogP contribution in [-0.4, -0.2) is 64.8 Å². The number of amides is 3. The van der Waals surface area contributed by atoms with Crippen LogP contribution < -0.4 is 10.2 Å². The molecule has 12 heteroatoms. The van der Waals surface area contributed by atoms with E-state index < -0.39 is 35.8 Å². The predicted octanol–water partition coefficient (Wildman–Crippen LogP) is 6.17. The first-order valence-electron chi connectivity index (χ1n) is 18.3. The van der Waals surface area contributed by atoms with Gasteiger partial charge in [0, 0.05) is 36.1 Å². The summed E-state index contributed by atoms with van der Waals surface area (Å²) in [6.07, 6.45) is -1.13. The number of imide groups is 1. The first-order valence-corrected chi connectivity index (χ1v) is 18.6. The second kappa shape index (κ2) is 16.4. The average molecular weight is 754 g/mol. The Morgan fingerprint density at radius 2 is 1.56 bits per heavy atom. The van der Waals surface area contributed by atoms with Crippen LogP contribution >= 0.6 is 11.6 Å². The number of benzene rings is 4. The molecule has 5 atom stereocenters. The molecule has 11 nitrogen and oxygen atoms in total. The quantitative estimate of drug-likeness (QED) is 0.163. The molecule has 3 heterocycles. The second-order valence-corrected chi connectivity index (χ2v) is 14.7. The third-order valence-corrected chi connectivity index (χ3v) is 11.0. The minimum absolute atomic E-state index is 0.0399. The van der Waals surface area contributed by atoms with E-state index in [0.29, 0.717) is 48.7 Å². The number of carbonyl (C=O) groups excluding carboxylic acids is 3. The number of aliphatic hydroxyl groups is 2. The van der Waals surface area contributed by atoms with Gasteiger partial charge in [-0.3, -0.25) is 9.59 Å². The fourth-order valence-corrected chi connectivity index (χ4v) is 7.57. The highest BCUT2D eigenvalue weighted by Gasteiger charge is 2.43. The van der Waals surface area contributed by atoms with Crippen LogP contribution in [0.1, 0.15) is 66.4 Å². The van der Waals surface area contributed by atoms with Gasteiger partial charge >= 0.3 is 6.09 Å². The van der Waals surface area contributed by atoms with Crippen molar-refractivity contribution in [3.63, 3.8) is 0 Å². The molecule has 4 aromatic rings. The molecule has 3 fully saturated rings. The van der Waals surface area contributed by atoms with E-state index in [4.69, 9.17) is 25.8 Å². The molecule has 3 N–H and O–H groups in total. The van der Waals surface area contributed by atoms with Crippen molar-refractivity contribution in [2.75, 3.05) is 24.5 Å². The summed E-state index contributed by atoms with van der Waals surface area (Å²) >= 11 is 6.09. The van der Waals surface area contributed by atoms with Gasteiger partial charge in [-0.2, -0.15) is 0 Å². The zero-order valence-electron chi connectivity index (χ0n) is 30.0. The third-order valence-electron chi connectivity index (χ3n) is 10.7. The molecule has 3 aliphatic rings. The Morgan fingerprint density at radius 3 is 2.22 bits per heavy atom. The van der Waals surface area contributed by atoms with Crippen LogP contribution in [-0.2, 0) is 42.6 Å². The summed E-state index contributed by atoms with van der Waals surface area (Å²) in [7, 11) is 0. The summed E-state index contributed by atoms with van der Waals surface area (Å²) in [5, 5.41) is 24.3. The molecular weight excluding hydrogens is 710 g/mol. The zero-order valence-corrected chi connectivity index (χ0v) is 30.7. The topological polar surface area (TPSA) is 138 Å². The number of nitrogens with one attached hydrogen (secondary N) is 1. The van der Waals surface area contributed by atoms with E-state index in [0.717, 1.165) is 27.2 Å². The molecule has 7 rings (SSSR count). The fraction of sp³-hybridized carbons (Fsp3) is 0.357. The highest BCUT2D eigenvalue weighted by atomic mass is 35.5. The minimum Gasteiger partial charge on any atom is -0.445 e. The molecule has 3 aliphatic heterocycles. The smallest absolute Gasteiger partial charge is 0.408 e. The van der Waals surface area contributed by atoms with Crippen molar-refractivity contribution in [2.24, 2.45) is 5.92 Å². The zero-order chi connectivity index (χ0) is 37.8. The molecule has 0 spiro atoms. The van der Waals surface area contributed by atoms with Crippen molar-refractivity contribution in [1.82, 2.24) is 10.2 Å². The number of aliphatic hydroxyl groups excluding tert-OH is 1. The minimum atomic E-state index is -1.04. The molecule has 0 aliphatic carbocycles. The van der Waals surface area contributed by atoms with Gasteiger partial charge in [0.05, 0.1) is 36.5 Å². The van der Waals surface area contributed by atoms with E-state index in [-0.39, 0.29) is 37.8 Å². The Balaban J connectivity index is 1.03. The van der Waals surface area contributed by atoms with Gasteiger partial charge in [0.25, 0.3) is 5.91 Å². The van der Waals surface area contributed by atoms with E-state index in [1.807, 2.05) is 66.7 Å². The van der Waals surface area contributed by atoms with Crippen molar-refractivity contribution >= 4 is 35.2 Å². The predicted molar refractivity (Wildman–Crippen MR) is 201 cm³/mol. The van der Waals surface area contributed by atoms with Gasteiger partial charge in [0.1, 0.15) is 12.6 Å². The van der Waals surface area contributed by atoms with Gasteiger partial charge in [-0.25, -0.2) is 9.69 Å². The molecule has 282 valence electrons. The van der Waals surface area contributed by atoms with E-state index in [1.165, 1.54) is 0 Å². The monoisotopic (exact) mass is 753 g/mol. The highest BCUT2D eigenvalue weighted by Crippen LogP contribution is 2.43. The molecule has 3 amide bonds. The van der Waals surface area contributed by atoms with Crippen LogP contribution in [0.2, 0.25) is 5.02 Å². The van der Waals surface area contributed by atoms with E-state index >= 15 is 0 Å². The van der Waals surface area contributed by atoms with E-state index in [9.17, 15) is 24.6 Å². The number of rotatable bonds is 10. The Bertz CT molecular complexity index is 1920. The number of ether oxygens (including phenoxy) is 3. The lowest BCUT2D eigenvalue weighted by Crippen LogP contribution is -2.49. The number of anilines is 1. The van der Waals surface area contributed by atoms with Crippen molar-refractivity contribution in [2.45, 2.75) is 69.5 Å². The third kappa shape index (κ3) is 8.37. The highest BCUT2D eigenvalue weighted by molar-refractivity contribution is 6.30. The van der Waals surface area contributed by atoms with Gasteiger partial charge in [0.2, 0.25) is 5.91 Å². The lowest BCUT2D eigenvalue weighted by Gasteiger charge is -2.45. The molecule has 0 radical (unpaired) electrons. The maximum absolute atomic E-state index is 13.3. The molecule has 0 saturated carbocycles. The molecule has 0 bridgehead atoms. The molecule has 0 aromatic heterocycles. The fourth-order valence-electron chi connectivity index (χ4n) is 7.44. The van der Waals surface area contributed by atoms with Crippen molar-refractivity contribution in [3.8, 4) is 0 Å². The molecule has 54 heavy (non-hydrogen) atoms. The number of piperidine rings is 1. The lowest BCUT2D eigenvalue weighted by atomic mass is 9.84. The number of likely N-dealkylation sites (tertiary alicyclic amines) is 1. The molecule has 3 saturated heterocycles. The maximum atomic E-state index is 13.3. The molecule has 5 unspecified atom stereocenters. The van der Waals surface area contributed by atoms with E-state index in [2.05, 4.69) is 17.1 Å². The lowest BCUT2D eigenvalue weighted by molar-refractivity contribution is -0.277. The number of hydrogen-bond donors (Lipinski definition) is 3. The van der Waals surface area contributed by atoms with Crippen molar-refractivity contribution in [1.29, 1.82) is 0 Å². The van der Waals surface area contributed by atoms with Gasteiger partial charge in [-0.15, -0.1) is 0 Å². The van der Waals surface area contributed by atoms with Crippen LogP contribution in [0.5, 0.6) is 0 Å². The summed E-state index contributed by atoms with van der Waals surface area (Å²) in [5.41, 5.74) is 3.58. The summed E-state index contributed by atoms with van der Waals surface area (Å²) in [6.45, 7) is 4.07. The summed E-state index contributed by atoms with van der Waals surface area (Å²) in [4.78, 5) is 42.2. The summed E-state index contributed by atoms with van der Waals surface area (Å²) < 4.78 is 18.5. The Hall–Kier alpha value is -4.62. The van der Waals surface area contributed by atoms with Crippen LogP contribution in [0.15, 0.2) is 103 Å². The van der Waals surface area contributed by atoms with Crippen LogP contribution in [0.4, 0.5) is 10.5 Å². The largest absolute Gasteiger partial charge is 0.445 e. The number of alkyl carbamates (subject to hydrolysis) is 1. The Kier molecular flexibility index (Phi) is 11.4. The number of halogens is 1. The number of nitrogens with zero attached hydrogens (tertiary/aromatic N) is 2.